The van der Waals surface area contributed by atoms with Crippen LogP contribution in [-0.4, -0.2) is 33.3 Å². The lowest BCUT2D eigenvalue weighted by atomic mass is 10.2. The van der Waals surface area contributed by atoms with Crippen LogP contribution >= 0.6 is 11.3 Å². The van der Waals surface area contributed by atoms with Crippen molar-refractivity contribution in [2.24, 2.45) is 4.99 Å². The van der Waals surface area contributed by atoms with Crippen molar-refractivity contribution in [3.8, 4) is 5.69 Å². The van der Waals surface area contributed by atoms with E-state index in [1.54, 1.807) is 11.0 Å². The second-order valence-corrected chi connectivity index (χ2v) is 7.84. The lowest BCUT2D eigenvalue weighted by molar-refractivity contribution is 0.645. The molecule has 0 radical (unpaired) electrons. The number of hydrogen-bond acceptors (Lipinski definition) is 4. The lowest BCUT2D eigenvalue weighted by Gasteiger charge is -2.17. The van der Waals surface area contributed by atoms with Gasteiger partial charge in [-0.25, -0.2) is 14.7 Å². The van der Waals surface area contributed by atoms with Crippen LogP contribution in [0.1, 0.15) is 29.2 Å². The number of hydrogen-bond donors (Lipinski definition) is 2. The summed E-state index contributed by atoms with van der Waals surface area (Å²) in [6.45, 7) is 7.87. The van der Waals surface area contributed by atoms with Crippen LogP contribution in [0, 0.1) is 6.92 Å². The molecule has 0 fully saturated rings. The predicted octanol–water partition coefficient (Wildman–Crippen LogP) is 3.32. The van der Waals surface area contributed by atoms with E-state index in [2.05, 4.69) is 65.8 Å². The third kappa shape index (κ3) is 5.65. The number of thiophene rings is 1. The highest BCUT2D eigenvalue weighted by atomic mass is 32.1. The van der Waals surface area contributed by atoms with Crippen LogP contribution in [0.5, 0.6) is 0 Å². The summed E-state index contributed by atoms with van der Waals surface area (Å²) in [6, 6.07) is 12.9. The van der Waals surface area contributed by atoms with Crippen molar-refractivity contribution in [1.82, 2.24) is 25.4 Å². The molecule has 0 saturated carbocycles. The van der Waals surface area contributed by atoms with E-state index in [0.717, 1.165) is 30.2 Å². The highest BCUT2D eigenvalue weighted by Crippen LogP contribution is 2.16. The van der Waals surface area contributed by atoms with Gasteiger partial charge < -0.3 is 10.6 Å². The maximum absolute atomic E-state index is 4.73. The molecule has 0 spiro atoms. The van der Waals surface area contributed by atoms with Gasteiger partial charge in [0.25, 0.3) is 0 Å². The molecule has 0 bridgehead atoms. The van der Waals surface area contributed by atoms with Crippen LogP contribution in [-0.2, 0) is 13.0 Å². The summed E-state index contributed by atoms with van der Waals surface area (Å²) in [5, 5.41) is 11.0. The molecular weight excluding hydrogens is 356 g/mol. The van der Waals surface area contributed by atoms with Gasteiger partial charge in [0.1, 0.15) is 12.7 Å². The first-order chi connectivity index (χ1) is 13.1. The second kappa shape index (κ2) is 9.32. The standard InChI is InChI=1S/C20H26N6S/c1-4-22-20(25-15(2)11-19-10-5-16(3)27-19)23-12-17-6-8-18(9-7-17)26-14-21-13-24-26/h5-10,13-15H,4,11-12H2,1-3H3,(H2,22,23,25). The van der Waals surface area contributed by atoms with Crippen LogP contribution in [0.4, 0.5) is 0 Å². The number of aliphatic imine (C=N–C) groups is 1. The van der Waals surface area contributed by atoms with E-state index in [0.29, 0.717) is 12.6 Å². The summed E-state index contributed by atoms with van der Waals surface area (Å²) in [7, 11) is 0. The molecule has 27 heavy (non-hydrogen) atoms. The van der Waals surface area contributed by atoms with Gasteiger partial charge in [-0.1, -0.05) is 12.1 Å². The Bertz CT molecular complexity index is 851. The molecule has 7 heteroatoms. The Balaban J connectivity index is 1.59. The van der Waals surface area contributed by atoms with E-state index in [-0.39, 0.29) is 0 Å². The van der Waals surface area contributed by atoms with Crippen molar-refractivity contribution in [2.45, 2.75) is 39.8 Å². The molecule has 0 saturated heterocycles. The molecule has 1 unspecified atom stereocenters. The molecule has 2 N–H and O–H groups in total. The zero-order valence-electron chi connectivity index (χ0n) is 16.0. The van der Waals surface area contributed by atoms with Crippen LogP contribution in [0.2, 0.25) is 0 Å². The molecule has 3 aromatic rings. The number of benzene rings is 1. The third-order valence-electron chi connectivity index (χ3n) is 4.07. The molecule has 2 aromatic heterocycles. The minimum absolute atomic E-state index is 0.315. The Morgan fingerprint density at radius 1 is 1.22 bits per heavy atom. The van der Waals surface area contributed by atoms with Gasteiger partial charge >= 0.3 is 0 Å². The van der Waals surface area contributed by atoms with E-state index in [1.165, 1.54) is 16.1 Å². The second-order valence-electron chi connectivity index (χ2n) is 6.46. The zero-order chi connectivity index (χ0) is 19.1. The summed E-state index contributed by atoms with van der Waals surface area (Å²) >= 11 is 1.86. The van der Waals surface area contributed by atoms with Gasteiger partial charge in [-0.15, -0.1) is 11.3 Å². The Labute approximate surface area is 164 Å². The Hall–Kier alpha value is -2.67. The highest BCUT2D eigenvalue weighted by molar-refractivity contribution is 7.11. The molecule has 142 valence electrons. The topological polar surface area (TPSA) is 67.1 Å². The quantitative estimate of drug-likeness (QED) is 0.486. The SMILES string of the molecule is CCNC(=NCc1ccc(-n2cncn2)cc1)NC(C)Cc1ccc(C)s1. The van der Waals surface area contributed by atoms with Crippen molar-refractivity contribution >= 4 is 17.3 Å². The third-order valence-corrected chi connectivity index (χ3v) is 5.09. The Morgan fingerprint density at radius 3 is 2.67 bits per heavy atom. The average molecular weight is 383 g/mol. The maximum Gasteiger partial charge on any atom is 0.191 e. The van der Waals surface area contributed by atoms with Crippen LogP contribution in [0.15, 0.2) is 54.0 Å². The van der Waals surface area contributed by atoms with E-state index in [1.807, 2.05) is 23.5 Å². The maximum atomic E-state index is 4.73. The molecule has 0 amide bonds. The smallest absolute Gasteiger partial charge is 0.191 e. The van der Waals surface area contributed by atoms with E-state index in [9.17, 15) is 0 Å². The van der Waals surface area contributed by atoms with Gasteiger partial charge in [-0.05, 0) is 50.6 Å². The normalized spacial score (nSPS) is 12.8. The Kier molecular flexibility index (Phi) is 6.59. The van der Waals surface area contributed by atoms with E-state index >= 15 is 0 Å². The van der Waals surface area contributed by atoms with E-state index in [4.69, 9.17) is 4.99 Å². The fraction of sp³-hybridized carbons (Fsp3) is 0.350. The van der Waals surface area contributed by atoms with Crippen molar-refractivity contribution in [3.63, 3.8) is 0 Å². The summed E-state index contributed by atoms with van der Waals surface area (Å²) < 4.78 is 1.74. The summed E-state index contributed by atoms with van der Waals surface area (Å²) in [4.78, 5) is 11.4. The van der Waals surface area contributed by atoms with Gasteiger partial charge in [0.15, 0.2) is 5.96 Å². The van der Waals surface area contributed by atoms with Crippen LogP contribution in [0.25, 0.3) is 5.69 Å². The van der Waals surface area contributed by atoms with Gasteiger partial charge in [0.2, 0.25) is 0 Å². The molecule has 1 atom stereocenters. The van der Waals surface area contributed by atoms with Gasteiger partial charge in [-0.3, -0.25) is 0 Å². The molecular formula is C20H26N6S. The largest absolute Gasteiger partial charge is 0.357 e. The first-order valence-corrected chi connectivity index (χ1v) is 10.00. The average Bonchev–Trinajstić information content (AvgIpc) is 3.32. The first-order valence-electron chi connectivity index (χ1n) is 9.18. The number of nitrogens with zero attached hydrogens (tertiary/aromatic N) is 4. The van der Waals surface area contributed by atoms with Gasteiger partial charge in [0, 0.05) is 28.8 Å². The summed E-state index contributed by atoms with van der Waals surface area (Å²) in [6.07, 6.45) is 4.22. The van der Waals surface area contributed by atoms with Crippen LogP contribution < -0.4 is 10.6 Å². The molecule has 1 aromatic carbocycles. The summed E-state index contributed by atoms with van der Waals surface area (Å²) in [5.74, 6) is 0.846. The highest BCUT2D eigenvalue weighted by Gasteiger charge is 2.08. The first kappa shape index (κ1) is 19.1. The minimum Gasteiger partial charge on any atom is -0.357 e. The molecule has 0 aliphatic carbocycles. The fourth-order valence-corrected chi connectivity index (χ4v) is 3.79. The Morgan fingerprint density at radius 2 is 2.04 bits per heavy atom. The number of nitrogens with one attached hydrogen (secondary N) is 2. The van der Waals surface area contributed by atoms with Crippen molar-refractivity contribution in [1.29, 1.82) is 0 Å². The number of rotatable bonds is 7. The van der Waals surface area contributed by atoms with Crippen molar-refractivity contribution < 1.29 is 0 Å². The van der Waals surface area contributed by atoms with Crippen LogP contribution in [0.3, 0.4) is 0 Å². The number of aromatic nitrogens is 3. The molecule has 2 heterocycles. The van der Waals surface area contributed by atoms with Crippen molar-refractivity contribution in [3.05, 3.63) is 64.4 Å². The van der Waals surface area contributed by atoms with Gasteiger partial charge in [0.05, 0.1) is 12.2 Å². The molecule has 3 rings (SSSR count). The monoisotopic (exact) mass is 382 g/mol. The number of aryl methyl sites for hydroxylation is 1. The number of guanidine groups is 1. The lowest BCUT2D eigenvalue weighted by Crippen LogP contribution is -2.43. The minimum atomic E-state index is 0.315. The molecule has 6 nitrogen and oxygen atoms in total. The zero-order valence-corrected chi connectivity index (χ0v) is 16.8. The molecule has 0 aliphatic rings. The summed E-state index contributed by atoms with van der Waals surface area (Å²) in [5.41, 5.74) is 2.14. The predicted molar refractivity (Wildman–Crippen MR) is 112 cm³/mol. The van der Waals surface area contributed by atoms with Crippen molar-refractivity contribution in [2.75, 3.05) is 6.54 Å². The fourth-order valence-electron chi connectivity index (χ4n) is 2.77. The van der Waals surface area contributed by atoms with E-state index < -0.39 is 0 Å². The molecule has 0 aliphatic heterocycles. The van der Waals surface area contributed by atoms with Gasteiger partial charge in [-0.2, -0.15) is 5.10 Å².